The average Bonchev–Trinajstić information content (AvgIpc) is 3.07. The van der Waals surface area contributed by atoms with Crippen LogP contribution in [0.25, 0.3) is 0 Å². The maximum absolute atomic E-state index is 10.5. The summed E-state index contributed by atoms with van der Waals surface area (Å²) in [5, 5.41) is 38.0. The van der Waals surface area contributed by atoms with Gasteiger partial charge in [-0.1, -0.05) is 104 Å². The van der Waals surface area contributed by atoms with Gasteiger partial charge in [-0.3, -0.25) is 19.2 Å². The van der Waals surface area contributed by atoms with Crippen molar-refractivity contribution in [3.63, 3.8) is 0 Å². The molecule has 0 saturated heterocycles. The number of carboxylic acid groups (broad SMARTS) is 4. The SMILES string of the molecule is C[C@H](NC1CCCCC1)C(=O)O.NC(C(=O)O)c1ccccc1.N[C@@H](Cc1ccc(Cl)cc1)C(=O)O.N[C@@H](Cc1ccccc1)C(=O)O. The summed E-state index contributed by atoms with van der Waals surface area (Å²) < 4.78 is 0. The summed E-state index contributed by atoms with van der Waals surface area (Å²) in [6, 6.07) is 22.5. The van der Waals surface area contributed by atoms with Crippen molar-refractivity contribution in [2.75, 3.05) is 0 Å². The molecule has 1 saturated carbocycles. The first-order valence-electron chi connectivity index (χ1n) is 15.5. The molecule has 0 bridgehead atoms. The number of aliphatic carboxylic acids is 4. The first-order valence-corrected chi connectivity index (χ1v) is 15.9. The van der Waals surface area contributed by atoms with E-state index in [9.17, 15) is 19.2 Å². The van der Waals surface area contributed by atoms with Crippen LogP contribution in [0.3, 0.4) is 0 Å². The summed E-state index contributed by atoms with van der Waals surface area (Å²) in [5.74, 6) is -3.70. The van der Waals surface area contributed by atoms with Crippen LogP contribution in [0.1, 0.15) is 61.8 Å². The zero-order valence-corrected chi connectivity index (χ0v) is 27.7. The summed E-state index contributed by atoms with van der Waals surface area (Å²) in [5.41, 5.74) is 18.5. The second-order valence-corrected chi connectivity index (χ2v) is 11.6. The Bertz CT molecular complexity index is 1370. The monoisotopic (exact) mass is 686 g/mol. The van der Waals surface area contributed by atoms with Crippen LogP contribution < -0.4 is 22.5 Å². The second-order valence-electron chi connectivity index (χ2n) is 11.2. The molecule has 0 heterocycles. The molecule has 12 nitrogen and oxygen atoms in total. The molecule has 1 aliphatic rings. The lowest BCUT2D eigenvalue weighted by Crippen LogP contribution is -2.42. The Morgan fingerprint density at radius 3 is 1.52 bits per heavy atom. The van der Waals surface area contributed by atoms with Crippen molar-refractivity contribution >= 4 is 35.5 Å². The Morgan fingerprint density at radius 2 is 1.10 bits per heavy atom. The summed E-state index contributed by atoms with van der Waals surface area (Å²) in [6.07, 6.45) is 6.77. The minimum atomic E-state index is -1.00. The van der Waals surface area contributed by atoms with Gasteiger partial charge in [0.2, 0.25) is 0 Å². The van der Waals surface area contributed by atoms with Gasteiger partial charge in [0.25, 0.3) is 0 Å². The summed E-state index contributed by atoms with van der Waals surface area (Å²) in [7, 11) is 0. The van der Waals surface area contributed by atoms with Gasteiger partial charge >= 0.3 is 23.9 Å². The minimum Gasteiger partial charge on any atom is -0.480 e. The van der Waals surface area contributed by atoms with E-state index in [0.717, 1.165) is 24.0 Å². The van der Waals surface area contributed by atoms with Crippen LogP contribution in [0.4, 0.5) is 0 Å². The van der Waals surface area contributed by atoms with Crippen molar-refractivity contribution in [3.05, 3.63) is 107 Å². The number of hydrogen-bond donors (Lipinski definition) is 8. The Kier molecular flexibility index (Phi) is 20.0. The Balaban J connectivity index is 0.000000320. The first-order chi connectivity index (χ1) is 22.7. The number of carboxylic acids is 4. The third-order valence-corrected chi connectivity index (χ3v) is 7.44. The van der Waals surface area contributed by atoms with Gasteiger partial charge < -0.3 is 42.9 Å². The third-order valence-electron chi connectivity index (χ3n) is 7.19. The van der Waals surface area contributed by atoms with Crippen LogP contribution in [-0.2, 0) is 32.0 Å². The molecule has 48 heavy (non-hydrogen) atoms. The van der Waals surface area contributed by atoms with E-state index in [2.05, 4.69) is 5.32 Å². The lowest BCUT2D eigenvalue weighted by atomic mass is 9.95. The number of halogens is 1. The quantitative estimate of drug-likeness (QED) is 0.142. The van der Waals surface area contributed by atoms with E-state index in [0.29, 0.717) is 29.5 Å². The zero-order valence-electron chi connectivity index (χ0n) is 27.0. The molecule has 1 aliphatic carbocycles. The molecule has 0 aromatic heterocycles. The highest BCUT2D eigenvalue weighted by molar-refractivity contribution is 6.30. The molecule has 11 N–H and O–H groups in total. The summed E-state index contributed by atoms with van der Waals surface area (Å²) in [6.45, 7) is 1.71. The molecule has 13 heteroatoms. The van der Waals surface area contributed by atoms with Gasteiger partial charge in [0, 0.05) is 11.1 Å². The number of carbonyl (C=O) groups is 4. The highest BCUT2D eigenvalue weighted by atomic mass is 35.5. The highest BCUT2D eigenvalue weighted by Crippen LogP contribution is 2.17. The number of hydrogen-bond acceptors (Lipinski definition) is 8. The van der Waals surface area contributed by atoms with Gasteiger partial charge in [0.05, 0.1) is 0 Å². The lowest BCUT2D eigenvalue weighted by molar-refractivity contribution is -0.140. The van der Waals surface area contributed by atoms with Gasteiger partial charge in [0.15, 0.2) is 0 Å². The molecule has 3 aromatic carbocycles. The Morgan fingerprint density at radius 1 is 0.667 bits per heavy atom. The van der Waals surface area contributed by atoms with Gasteiger partial charge in [-0.15, -0.1) is 0 Å². The fourth-order valence-electron chi connectivity index (χ4n) is 4.41. The number of nitrogens with two attached hydrogens (primary N) is 3. The summed E-state index contributed by atoms with van der Waals surface area (Å²) >= 11 is 5.66. The largest absolute Gasteiger partial charge is 0.480 e. The molecule has 1 fully saturated rings. The molecule has 3 aromatic rings. The predicted octanol–water partition coefficient (Wildman–Crippen LogP) is 4.09. The second kappa shape index (κ2) is 23.1. The van der Waals surface area contributed by atoms with Crippen LogP contribution in [0.2, 0.25) is 5.02 Å². The van der Waals surface area contributed by atoms with E-state index >= 15 is 0 Å². The standard InChI is InChI=1S/C9H10ClNO2.C9H17NO2.C9H11NO2.C8H9NO2/c10-7-3-1-6(2-4-7)5-8(11)9(12)13;1-7(9(11)12)10-8-5-3-2-4-6-8;10-8(9(11)12)6-7-4-2-1-3-5-7;9-7(8(10)11)6-4-2-1-3-5-6/h1-4,8H,5,11H2,(H,12,13);7-8,10H,2-6H2,1H3,(H,11,12);1-5,8H,6,10H2,(H,11,12);1-5,7H,9H2,(H,10,11)/t8-;7-;8-;/m000./s1. The molecule has 262 valence electrons. The highest BCUT2D eigenvalue weighted by Gasteiger charge is 2.18. The van der Waals surface area contributed by atoms with E-state index < -0.39 is 48.0 Å². The fraction of sp³-hybridized carbons (Fsp3) is 0.371. The normalized spacial score (nSPS) is 14.9. The number of rotatable bonds is 11. The van der Waals surface area contributed by atoms with E-state index in [1.54, 1.807) is 55.5 Å². The van der Waals surface area contributed by atoms with Crippen LogP contribution in [0, 0.1) is 0 Å². The molecule has 0 amide bonds. The summed E-state index contributed by atoms with van der Waals surface area (Å²) in [4.78, 5) is 41.7. The lowest BCUT2D eigenvalue weighted by Gasteiger charge is -2.24. The van der Waals surface area contributed by atoms with Crippen molar-refractivity contribution in [2.24, 2.45) is 17.2 Å². The first kappa shape index (κ1) is 41.7. The van der Waals surface area contributed by atoms with Gasteiger partial charge in [-0.25, -0.2) is 0 Å². The zero-order chi connectivity index (χ0) is 36.1. The fourth-order valence-corrected chi connectivity index (χ4v) is 4.54. The van der Waals surface area contributed by atoms with Crippen molar-refractivity contribution in [1.82, 2.24) is 5.32 Å². The van der Waals surface area contributed by atoms with E-state index in [4.69, 9.17) is 49.2 Å². The number of nitrogens with one attached hydrogen (secondary N) is 1. The predicted molar refractivity (Wildman–Crippen MR) is 185 cm³/mol. The van der Waals surface area contributed by atoms with Gasteiger partial charge in [-0.2, -0.15) is 0 Å². The maximum atomic E-state index is 10.5. The molecule has 4 rings (SSSR count). The van der Waals surface area contributed by atoms with Crippen LogP contribution in [0.5, 0.6) is 0 Å². The molecule has 1 unspecified atom stereocenters. The Labute approximate surface area is 285 Å². The van der Waals surface area contributed by atoms with Crippen LogP contribution in [-0.4, -0.2) is 68.5 Å². The van der Waals surface area contributed by atoms with E-state index in [1.807, 2.05) is 36.4 Å². The van der Waals surface area contributed by atoms with Crippen molar-refractivity contribution < 1.29 is 39.6 Å². The third kappa shape index (κ3) is 18.1. The van der Waals surface area contributed by atoms with Crippen molar-refractivity contribution in [2.45, 2.75) is 82.1 Å². The van der Waals surface area contributed by atoms with Gasteiger partial charge in [-0.05, 0) is 61.4 Å². The van der Waals surface area contributed by atoms with E-state index in [-0.39, 0.29) is 0 Å². The Hall–Kier alpha value is -4.33. The molecular weight excluding hydrogens is 640 g/mol. The molecular formula is C35H47ClN4O8. The van der Waals surface area contributed by atoms with E-state index in [1.165, 1.54) is 19.3 Å². The topological polar surface area (TPSA) is 239 Å². The molecule has 0 spiro atoms. The minimum absolute atomic E-state index is 0.326. The van der Waals surface area contributed by atoms with Crippen molar-refractivity contribution in [1.29, 1.82) is 0 Å². The average molecular weight is 687 g/mol. The molecule has 0 aliphatic heterocycles. The smallest absolute Gasteiger partial charge is 0.325 e. The van der Waals surface area contributed by atoms with Crippen molar-refractivity contribution in [3.8, 4) is 0 Å². The molecule has 4 atom stereocenters. The number of benzene rings is 3. The molecule has 0 radical (unpaired) electrons. The maximum Gasteiger partial charge on any atom is 0.325 e. The van der Waals surface area contributed by atoms with Crippen LogP contribution >= 0.6 is 11.6 Å². The van der Waals surface area contributed by atoms with Crippen LogP contribution in [0.15, 0.2) is 84.9 Å². The van der Waals surface area contributed by atoms with Gasteiger partial charge in [0.1, 0.15) is 24.2 Å².